The second-order valence-electron chi connectivity index (χ2n) is 7.20. The molecule has 0 N–H and O–H groups in total. The Morgan fingerprint density at radius 2 is 1.68 bits per heavy atom. The zero-order chi connectivity index (χ0) is 16.3. The predicted octanol–water partition coefficient (Wildman–Crippen LogP) is 1.88. The van der Waals surface area contributed by atoms with Crippen LogP contribution < -0.4 is 0 Å². The van der Waals surface area contributed by atoms with Crippen molar-refractivity contribution in [2.24, 2.45) is 5.92 Å². The highest BCUT2D eigenvalue weighted by Gasteiger charge is 2.35. The van der Waals surface area contributed by atoms with Gasteiger partial charge in [-0.1, -0.05) is 0 Å². The van der Waals surface area contributed by atoms with Crippen LogP contribution >= 0.6 is 0 Å². The SMILES string of the molecule is COC(=O)C1CCN(C2CCN(C(=O)OC(C)(C)C)C2)CC1. The molecule has 0 spiro atoms. The summed E-state index contributed by atoms with van der Waals surface area (Å²) in [6.07, 6.45) is 2.44. The molecule has 1 atom stereocenters. The Kier molecular flexibility index (Phi) is 5.32. The van der Waals surface area contributed by atoms with Crippen molar-refractivity contribution in [1.29, 1.82) is 0 Å². The number of hydrogen-bond donors (Lipinski definition) is 0. The number of likely N-dealkylation sites (tertiary alicyclic amines) is 2. The number of esters is 1. The van der Waals surface area contributed by atoms with E-state index >= 15 is 0 Å². The van der Waals surface area contributed by atoms with E-state index in [1.807, 2.05) is 20.8 Å². The molecule has 2 fully saturated rings. The molecule has 2 aliphatic heterocycles. The van der Waals surface area contributed by atoms with E-state index in [0.717, 1.165) is 45.4 Å². The standard InChI is InChI=1S/C16H28N2O4/c1-16(2,3)22-15(20)18-10-7-13(11-18)17-8-5-12(6-9-17)14(19)21-4/h12-13H,5-11H2,1-4H3. The maximum absolute atomic E-state index is 12.1. The number of amides is 1. The maximum atomic E-state index is 12.1. The van der Waals surface area contributed by atoms with Crippen molar-refractivity contribution in [3.05, 3.63) is 0 Å². The Hall–Kier alpha value is -1.30. The first-order valence-electron chi connectivity index (χ1n) is 8.10. The minimum absolute atomic E-state index is 0.0320. The quantitative estimate of drug-likeness (QED) is 0.729. The molecular weight excluding hydrogens is 284 g/mol. The summed E-state index contributed by atoms with van der Waals surface area (Å²) in [7, 11) is 1.45. The monoisotopic (exact) mass is 312 g/mol. The lowest BCUT2D eigenvalue weighted by molar-refractivity contribution is -0.147. The van der Waals surface area contributed by atoms with Gasteiger partial charge in [0.15, 0.2) is 0 Å². The minimum Gasteiger partial charge on any atom is -0.469 e. The van der Waals surface area contributed by atoms with E-state index < -0.39 is 5.60 Å². The van der Waals surface area contributed by atoms with E-state index in [0.29, 0.717) is 6.04 Å². The van der Waals surface area contributed by atoms with Crippen molar-refractivity contribution in [2.75, 3.05) is 33.3 Å². The zero-order valence-corrected chi connectivity index (χ0v) is 14.1. The molecule has 126 valence electrons. The highest BCUT2D eigenvalue weighted by Crippen LogP contribution is 2.25. The molecule has 0 radical (unpaired) electrons. The van der Waals surface area contributed by atoms with Crippen LogP contribution in [0.3, 0.4) is 0 Å². The molecule has 0 saturated carbocycles. The minimum atomic E-state index is -0.450. The third kappa shape index (κ3) is 4.35. The smallest absolute Gasteiger partial charge is 0.410 e. The van der Waals surface area contributed by atoms with Crippen molar-refractivity contribution in [1.82, 2.24) is 9.80 Å². The van der Waals surface area contributed by atoms with Crippen LogP contribution in [0.25, 0.3) is 0 Å². The number of rotatable bonds is 2. The van der Waals surface area contributed by atoms with Crippen LogP contribution in [-0.4, -0.2) is 66.8 Å². The van der Waals surface area contributed by atoms with Crippen LogP contribution in [0.4, 0.5) is 4.79 Å². The van der Waals surface area contributed by atoms with Gasteiger partial charge in [0, 0.05) is 19.1 Å². The fourth-order valence-corrected chi connectivity index (χ4v) is 3.20. The van der Waals surface area contributed by atoms with Gasteiger partial charge in [0.05, 0.1) is 13.0 Å². The first kappa shape index (κ1) is 17.1. The number of nitrogens with zero attached hydrogens (tertiary/aromatic N) is 2. The zero-order valence-electron chi connectivity index (χ0n) is 14.1. The molecule has 6 nitrogen and oxygen atoms in total. The van der Waals surface area contributed by atoms with Gasteiger partial charge in [-0.15, -0.1) is 0 Å². The van der Waals surface area contributed by atoms with Crippen LogP contribution in [0.2, 0.25) is 0 Å². The number of carbonyl (C=O) groups is 2. The topological polar surface area (TPSA) is 59.1 Å². The van der Waals surface area contributed by atoms with E-state index in [1.54, 1.807) is 4.90 Å². The van der Waals surface area contributed by atoms with Gasteiger partial charge in [-0.2, -0.15) is 0 Å². The molecule has 1 unspecified atom stereocenters. The maximum Gasteiger partial charge on any atom is 0.410 e. The van der Waals surface area contributed by atoms with Gasteiger partial charge >= 0.3 is 12.1 Å². The molecule has 0 aliphatic carbocycles. The third-order valence-electron chi connectivity index (χ3n) is 4.40. The van der Waals surface area contributed by atoms with Gasteiger partial charge in [0.1, 0.15) is 5.60 Å². The Bertz CT molecular complexity index is 411. The van der Waals surface area contributed by atoms with Crippen molar-refractivity contribution in [3.8, 4) is 0 Å². The molecule has 2 rings (SSSR count). The second-order valence-corrected chi connectivity index (χ2v) is 7.20. The molecule has 2 aliphatic rings. The summed E-state index contributed by atoms with van der Waals surface area (Å²) < 4.78 is 10.2. The van der Waals surface area contributed by atoms with E-state index in [-0.39, 0.29) is 18.0 Å². The van der Waals surface area contributed by atoms with Crippen LogP contribution in [0.15, 0.2) is 0 Å². The molecule has 22 heavy (non-hydrogen) atoms. The van der Waals surface area contributed by atoms with E-state index in [1.165, 1.54) is 7.11 Å². The normalized spacial score (nSPS) is 24.4. The third-order valence-corrected chi connectivity index (χ3v) is 4.40. The number of methoxy groups -OCH3 is 1. The predicted molar refractivity (Wildman–Crippen MR) is 82.5 cm³/mol. The molecular formula is C16H28N2O4. The summed E-state index contributed by atoms with van der Waals surface area (Å²) >= 11 is 0. The summed E-state index contributed by atoms with van der Waals surface area (Å²) in [4.78, 5) is 27.8. The van der Waals surface area contributed by atoms with Crippen molar-refractivity contribution in [2.45, 2.75) is 51.7 Å². The van der Waals surface area contributed by atoms with E-state index in [2.05, 4.69) is 4.90 Å². The molecule has 0 bridgehead atoms. The van der Waals surface area contributed by atoms with Crippen molar-refractivity contribution in [3.63, 3.8) is 0 Å². The highest BCUT2D eigenvalue weighted by molar-refractivity contribution is 5.72. The van der Waals surface area contributed by atoms with E-state index in [4.69, 9.17) is 9.47 Å². The Morgan fingerprint density at radius 1 is 1.05 bits per heavy atom. The molecule has 2 heterocycles. The summed E-state index contributed by atoms with van der Waals surface area (Å²) in [6, 6.07) is 0.381. The molecule has 0 aromatic carbocycles. The average Bonchev–Trinajstić information content (AvgIpc) is 2.95. The molecule has 0 aromatic heterocycles. The molecule has 6 heteroatoms. The molecule has 1 amide bonds. The van der Waals surface area contributed by atoms with Gasteiger partial charge in [0.25, 0.3) is 0 Å². The van der Waals surface area contributed by atoms with Gasteiger partial charge in [0.2, 0.25) is 0 Å². The fraction of sp³-hybridized carbons (Fsp3) is 0.875. The van der Waals surface area contributed by atoms with Gasteiger partial charge in [-0.05, 0) is 53.1 Å². The summed E-state index contributed by atoms with van der Waals surface area (Å²) in [5.74, 6) is -0.0638. The summed E-state index contributed by atoms with van der Waals surface area (Å²) in [5.41, 5.74) is -0.450. The first-order chi connectivity index (χ1) is 10.3. The number of piperidine rings is 1. The molecule has 2 saturated heterocycles. The Balaban J connectivity index is 1.79. The van der Waals surface area contributed by atoms with Crippen LogP contribution in [-0.2, 0) is 14.3 Å². The van der Waals surface area contributed by atoms with Gasteiger partial charge in [-0.3, -0.25) is 9.69 Å². The summed E-state index contributed by atoms with van der Waals surface area (Å²) in [6.45, 7) is 8.91. The van der Waals surface area contributed by atoms with Gasteiger partial charge in [-0.25, -0.2) is 4.79 Å². The van der Waals surface area contributed by atoms with Crippen molar-refractivity contribution >= 4 is 12.1 Å². The largest absolute Gasteiger partial charge is 0.469 e. The van der Waals surface area contributed by atoms with Crippen LogP contribution in [0.5, 0.6) is 0 Å². The molecule has 0 aromatic rings. The van der Waals surface area contributed by atoms with Crippen LogP contribution in [0.1, 0.15) is 40.0 Å². The number of ether oxygens (including phenoxy) is 2. The van der Waals surface area contributed by atoms with E-state index in [9.17, 15) is 9.59 Å². The fourth-order valence-electron chi connectivity index (χ4n) is 3.20. The second kappa shape index (κ2) is 6.86. The van der Waals surface area contributed by atoms with Gasteiger partial charge < -0.3 is 14.4 Å². The van der Waals surface area contributed by atoms with Crippen LogP contribution in [0, 0.1) is 5.92 Å². The number of carbonyl (C=O) groups excluding carboxylic acids is 2. The summed E-state index contributed by atoms with van der Waals surface area (Å²) in [5, 5.41) is 0. The first-order valence-corrected chi connectivity index (χ1v) is 8.10. The van der Waals surface area contributed by atoms with Crippen molar-refractivity contribution < 1.29 is 19.1 Å². The number of hydrogen-bond acceptors (Lipinski definition) is 5. The lowest BCUT2D eigenvalue weighted by Gasteiger charge is -2.35. The lowest BCUT2D eigenvalue weighted by Crippen LogP contribution is -2.45. The lowest BCUT2D eigenvalue weighted by atomic mass is 9.96. The Labute approximate surface area is 132 Å². The Morgan fingerprint density at radius 3 is 2.23 bits per heavy atom. The average molecular weight is 312 g/mol. The highest BCUT2D eigenvalue weighted by atomic mass is 16.6.